The van der Waals surface area contributed by atoms with E-state index in [0.717, 1.165) is 18.7 Å². The van der Waals surface area contributed by atoms with Crippen molar-refractivity contribution in [3.05, 3.63) is 106 Å². The highest BCUT2D eigenvalue weighted by Gasteiger charge is 2.30. The van der Waals surface area contributed by atoms with E-state index in [-0.39, 0.29) is 11.9 Å². The van der Waals surface area contributed by atoms with Crippen LogP contribution in [-0.2, 0) is 0 Å². The molecule has 1 aromatic heterocycles. The maximum atomic E-state index is 13.4. The number of rotatable bonds is 5. The summed E-state index contributed by atoms with van der Waals surface area (Å²) in [5, 5.41) is 4.27. The van der Waals surface area contributed by atoms with Gasteiger partial charge in [0.15, 0.2) is 0 Å². The molecule has 0 aliphatic carbocycles. The van der Waals surface area contributed by atoms with E-state index in [2.05, 4.69) is 75.2 Å². The molecule has 1 saturated heterocycles. The number of aryl methyl sites for hydroxylation is 1. The number of nitrogens with zero attached hydrogens (tertiary/aromatic N) is 4. The van der Waals surface area contributed by atoms with Crippen molar-refractivity contribution in [1.82, 2.24) is 19.4 Å². The summed E-state index contributed by atoms with van der Waals surface area (Å²) in [6.45, 7) is 5.03. The molecule has 0 N–H and O–H groups in total. The second-order valence-electron chi connectivity index (χ2n) is 8.37. The standard InChI is InChI=1S/C27H26N4OS/c1-20-12-14-21(15-13-20)24-26(33-29-28-24)27(32)31-18-16-30(17-19-31)25(22-8-4-2-5-9-22)23-10-6-3-7-11-23/h2-15,25H,16-19H2,1H3. The fourth-order valence-electron chi connectivity index (χ4n) is 4.44. The zero-order valence-electron chi connectivity index (χ0n) is 18.6. The molecule has 1 aliphatic heterocycles. The highest BCUT2D eigenvalue weighted by atomic mass is 32.1. The molecule has 0 spiro atoms. The molecule has 6 heteroatoms. The second-order valence-corrected chi connectivity index (χ2v) is 9.12. The molecule has 1 fully saturated rings. The van der Waals surface area contributed by atoms with E-state index < -0.39 is 0 Å². The summed E-state index contributed by atoms with van der Waals surface area (Å²) in [6.07, 6.45) is 0. The van der Waals surface area contributed by atoms with Crippen LogP contribution in [0.15, 0.2) is 84.9 Å². The van der Waals surface area contributed by atoms with Crippen molar-refractivity contribution in [2.24, 2.45) is 0 Å². The molecule has 5 rings (SSSR count). The number of aromatic nitrogens is 2. The minimum atomic E-state index is 0.0243. The first-order chi connectivity index (χ1) is 16.2. The highest BCUT2D eigenvalue weighted by molar-refractivity contribution is 7.08. The predicted octanol–water partition coefficient (Wildman–Crippen LogP) is 5.06. The Morgan fingerprint density at radius 2 is 1.39 bits per heavy atom. The summed E-state index contributed by atoms with van der Waals surface area (Å²) in [5.41, 5.74) is 5.34. The Hall–Kier alpha value is -3.35. The van der Waals surface area contributed by atoms with E-state index >= 15 is 0 Å². The average molecular weight is 455 g/mol. The van der Waals surface area contributed by atoms with Gasteiger partial charge in [-0.05, 0) is 29.6 Å². The minimum absolute atomic E-state index is 0.0243. The first-order valence-electron chi connectivity index (χ1n) is 11.2. The summed E-state index contributed by atoms with van der Waals surface area (Å²) in [7, 11) is 0. The van der Waals surface area contributed by atoms with Crippen LogP contribution in [0.25, 0.3) is 11.3 Å². The zero-order valence-corrected chi connectivity index (χ0v) is 19.4. The van der Waals surface area contributed by atoms with Gasteiger partial charge < -0.3 is 4.90 Å². The Morgan fingerprint density at radius 3 is 1.97 bits per heavy atom. The van der Waals surface area contributed by atoms with Gasteiger partial charge >= 0.3 is 0 Å². The van der Waals surface area contributed by atoms with Crippen LogP contribution in [0, 0.1) is 6.92 Å². The van der Waals surface area contributed by atoms with Crippen molar-refractivity contribution >= 4 is 17.4 Å². The SMILES string of the molecule is Cc1ccc(-c2nnsc2C(=O)N2CCN(C(c3ccccc3)c3ccccc3)CC2)cc1. The number of piperazine rings is 1. The molecule has 1 aliphatic rings. The predicted molar refractivity (Wildman–Crippen MR) is 132 cm³/mol. The zero-order chi connectivity index (χ0) is 22.6. The molecule has 0 atom stereocenters. The van der Waals surface area contributed by atoms with Gasteiger partial charge in [-0.25, -0.2) is 0 Å². The van der Waals surface area contributed by atoms with Gasteiger partial charge in [-0.2, -0.15) is 0 Å². The molecule has 5 nitrogen and oxygen atoms in total. The summed E-state index contributed by atoms with van der Waals surface area (Å²) < 4.78 is 4.09. The molecule has 33 heavy (non-hydrogen) atoms. The van der Waals surface area contributed by atoms with Crippen LogP contribution >= 0.6 is 11.5 Å². The van der Waals surface area contributed by atoms with E-state index in [1.54, 1.807) is 0 Å². The fourth-order valence-corrected chi connectivity index (χ4v) is 5.10. The van der Waals surface area contributed by atoms with E-state index in [4.69, 9.17) is 0 Å². The third-order valence-corrected chi connectivity index (χ3v) is 6.92. The molecule has 0 radical (unpaired) electrons. The van der Waals surface area contributed by atoms with Crippen LogP contribution in [0.2, 0.25) is 0 Å². The number of hydrogen-bond donors (Lipinski definition) is 0. The topological polar surface area (TPSA) is 49.3 Å². The molecule has 3 aromatic carbocycles. The Labute approximate surface area is 198 Å². The fraction of sp³-hybridized carbons (Fsp3) is 0.222. The summed E-state index contributed by atoms with van der Waals surface area (Å²) in [4.78, 5) is 18.4. The van der Waals surface area contributed by atoms with E-state index in [9.17, 15) is 4.79 Å². The number of benzene rings is 3. The van der Waals surface area contributed by atoms with Crippen LogP contribution in [0.1, 0.15) is 32.4 Å². The Morgan fingerprint density at radius 1 is 0.818 bits per heavy atom. The van der Waals surface area contributed by atoms with E-state index in [1.165, 1.54) is 28.2 Å². The maximum Gasteiger partial charge on any atom is 0.267 e. The molecule has 2 heterocycles. The molecule has 0 unspecified atom stereocenters. The Kier molecular flexibility index (Phi) is 6.28. The number of amides is 1. The second kappa shape index (κ2) is 9.65. The lowest BCUT2D eigenvalue weighted by Crippen LogP contribution is -2.49. The van der Waals surface area contributed by atoms with Crippen LogP contribution in [0.5, 0.6) is 0 Å². The van der Waals surface area contributed by atoms with Crippen LogP contribution in [0.4, 0.5) is 0 Å². The van der Waals surface area contributed by atoms with Gasteiger partial charge in [0, 0.05) is 31.7 Å². The van der Waals surface area contributed by atoms with Crippen molar-refractivity contribution in [1.29, 1.82) is 0 Å². The molecule has 166 valence electrons. The number of hydrogen-bond acceptors (Lipinski definition) is 5. The van der Waals surface area contributed by atoms with Crippen LogP contribution in [-0.4, -0.2) is 51.5 Å². The largest absolute Gasteiger partial charge is 0.335 e. The normalized spacial score (nSPS) is 14.5. The molecular weight excluding hydrogens is 428 g/mol. The molecule has 1 amide bonds. The van der Waals surface area contributed by atoms with Crippen molar-refractivity contribution in [3.63, 3.8) is 0 Å². The van der Waals surface area contributed by atoms with Gasteiger partial charge in [-0.3, -0.25) is 9.69 Å². The highest BCUT2D eigenvalue weighted by Crippen LogP contribution is 2.31. The minimum Gasteiger partial charge on any atom is -0.335 e. The third-order valence-electron chi connectivity index (χ3n) is 6.20. The quantitative estimate of drug-likeness (QED) is 0.423. The van der Waals surface area contributed by atoms with Gasteiger partial charge in [0.2, 0.25) is 0 Å². The molecular formula is C27H26N4OS. The van der Waals surface area contributed by atoms with Gasteiger partial charge in [-0.15, -0.1) is 5.10 Å². The summed E-state index contributed by atoms with van der Waals surface area (Å²) in [5.74, 6) is 0.0243. The van der Waals surface area contributed by atoms with Crippen molar-refractivity contribution in [2.45, 2.75) is 13.0 Å². The van der Waals surface area contributed by atoms with E-state index in [1.807, 2.05) is 36.1 Å². The number of carbonyl (C=O) groups excluding carboxylic acids is 1. The Balaban J connectivity index is 1.33. The molecule has 0 bridgehead atoms. The van der Waals surface area contributed by atoms with Crippen molar-refractivity contribution in [2.75, 3.05) is 26.2 Å². The molecule has 0 saturated carbocycles. The lowest BCUT2D eigenvalue weighted by Gasteiger charge is -2.39. The average Bonchev–Trinajstić information content (AvgIpc) is 3.36. The van der Waals surface area contributed by atoms with Gasteiger partial charge in [0.05, 0.1) is 6.04 Å². The first-order valence-corrected chi connectivity index (χ1v) is 12.0. The van der Waals surface area contributed by atoms with Gasteiger partial charge in [0.25, 0.3) is 5.91 Å². The van der Waals surface area contributed by atoms with Crippen LogP contribution < -0.4 is 0 Å². The summed E-state index contributed by atoms with van der Waals surface area (Å²) in [6, 6.07) is 29.5. The summed E-state index contributed by atoms with van der Waals surface area (Å²) >= 11 is 1.19. The van der Waals surface area contributed by atoms with Gasteiger partial charge in [-0.1, -0.05) is 95.0 Å². The number of carbonyl (C=O) groups is 1. The molecule has 4 aromatic rings. The van der Waals surface area contributed by atoms with E-state index in [0.29, 0.717) is 23.7 Å². The van der Waals surface area contributed by atoms with Crippen LogP contribution in [0.3, 0.4) is 0 Å². The van der Waals surface area contributed by atoms with Crippen molar-refractivity contribution in [3.8, 4) is 11.3 Å². The lowest BCUT2D eigenvalue weighted by atomic mass is 9.96. The monoisotopic (exact) mass is 454 g/mol. The third kappa shape index (κ3) is 4.58. The smallest absolute Gasteiger partial charge is 0.267 e. The first kappa shape index (κ1) is 21.5. The Bertz CT molecular complexity index is 1160. The maximum absolute atomic E-state index is 13.4. The lowest BCUT2D eigenvalue weighted by molar-refractivity contribution is 0.0602. The van der Waals surface area contributed by atoms with Gasteiger partial charge in [0.1, 0.15) is 10.6 Å². The van der Waals surface area contributed by atoms with Crippen molar-refractivity contribution < 1.29 is 4.79 Å².